The summed E-state index contributed by atoms with van der Waals surface area (Å²) in [6.45, 7) is 9.70. The fraction of sp³-hybridized carbons (Fsp3) is 0.611. The molecular weight excluding hydrogens is 324 g/mol. The van der Waals surface area contributed by atoms with E-state index in [1.807, 2.05) is 39.8 Å². The van der Waals surface area contributed by atoms with Crippen LogP contribution in [0.15, 0.2) is 23.1 Å². The standard InChI is InChI=1S/C18H28N2O3S/c1-5-19(6-2)18(21)16-8-7-11-20(13-16)24(22,23)17-12-14(3)9-10-15(17)4/h9-10,12,16H,5-8,11,13H2,1-4H3/t16-/m1/s1. The van der Waals surface area contributed by atoms with Gasteiger partial charge in [0.15, 0.2) is 0 Å². The summed E-state index contributed by atoms with van der Waals surface area (Å²) < 4.78 is 27.6. The number of carbonyl (C=O) groups excluding carboxylic acids is 1. The molecule has 1 aliphatic rings. The van der Waals surface area contributed by atoms with E-state index in [0.29, 0.717) is 24.5 Å². The summed E-state index contributed by atoms with van der Waals surface area (Å²) in [6.07, 6.45) is 1.48. The quantitative estimate of drug-likeness (QED) is 0.818. The Bertz CT molecular complexity index is 696. The van der Waals surface area contributed by atoms with E-state index in [4.69, 9.17) is 0 Å². The molecule has 1 atom stereocenters. The van der Waals surface area contributed by atoms with Crippen LogP contribution in [0, 0.1) is 19.8 Å². The van der Waals surface area contributed by atoms with Crippen LogP contribution in [-0.4, -0.2) is 49.7 Å². The minimum Gasteiger partial charge on any atom is -0.343 e. The number of hydrogen-bond donors (Lipinski definition) is 0. The number of piperidine rings is 1. The molecule has 1 aromatic carbocycles. The maximum atomic E-state index is 13.0. The van der Waals surface area contributed by atoms with Crippen LogP contribution in [0.3, 0.4) is 0 Å². The normalized spacial score (nSPS) is 19.2. The summed E-state index contributed by atoms with van der Waals surface area (Å²) in [5, 5.41) is 0. The van der Waals surface area contributed by atoms with Crippen LogP contribution in [0.25, 0.3) is 0 Å². The van der Waals surface area contributed by atoms with Gasteiger partial charge in [0.25, 0.3) is 0 Å². The van der Waals surface area contributed by atoms with Gasteiger partial charge in [-0.25, -0.2) is 8.42 Å². The Morgan fingerprint density at radius 1 is 1.25 bits per heavy atom. The predicted octanol–water partition coefficient (Wildman–Crippen LogP) is 2.57. The van der Waals surface area contributed by atoms with Gasteiger partial charge in [-0.1, -0.05) is 12.1 Å². The van der Waals surface area contributed by atoms with Gasteiger partial charge in [-0.15, -0.1) is 0 Å². The van der Waals surface area contributed by atoms with Gasteiger partial charge < -0.3 is 4.90 Å². The second-order valence-corrected chi connectivity index (χ2v) is 8.39. The number of sulfonamides is 1. The first-order valence-corrected chi connectivity index (χ1v) is 10.1. The summed E-state index contributed by atoms with van der Waals surface area (Å²) in [5.74, 6) is -0.167. The van der Waals surface area contributed by atoms with Crippen LogP contribution in [0.4, 0.5) is 0 Å². The number of amides is 1. The van der Waals surface area contributed by atoms with Gasteiger partial charge in [-0.3, -0.25) is 4.79 Å². The Labute approximate surface area is 145 Å². The average molecular weight is 353 g/mol. The van der Waals surface area contributed by atoms with Crippen LogP contribution < -0.4 is 0 Å². The molecule has 5 nitrogen and oxygen atoms in total. The number of nitrogens with zero attached hydrogens (tertiary/aromatic N) is 2. The van der Waals surface area contributed by atoms with E-state index < -0.39 is 10.0 Å². The smallest absolute Gasteiger partial charge is 0.243 e. The molecule has 0 N–H and O–H groups in total. The molecule has 0 radical (unpaired) electrons. The van der Waals surface area contributed by atoms with Crippen LogP contribution in [0.2, 0.25) is 0 Å². The summed E-state index contributed by atoms with van der Waals surface area (Å²) in [7, 11) is -3.56. The third kappa shape index (κ3) is 3.81. The van der Waals surface area contributed by atoms with Gasteiger partial charge in [-0.05, 0) is 57.7 Å². The number of benzene rings is 1. The van der Waals surface area contributed by atoms with Crippen molar-refractivity contribution in [3.63, 3.8) is 0 Å². The first-order chi connectivity index (χ1) is 11.3. The molecule has 1 amide bonds. The van der Waals surface area contributed by atoms with Crippen molar-refractivity contribution in [1.82, 2.24) is 9.21 Å². The lowest BCUT2D eigenvalue weighted by Gasteiger charge is -2.34. The van der Waals surface area contributed by atoms with Gasteiger partial charge in [0, 0.05) is 26.2 Å². The fourth-order valence-corrected chi connectivity index (χ4v) is 5.11. The summed E-state index contributed by atoms with van der Waals surface area (Å²) in [5.41, 5.74) is 1.67. The molecule has 2 rings (SSSR count). The minimum absolute atomic E-state index is 0.0702. The molecule has 0 aliphatic carbocycles. The van der Waals surface area contributed by atoms with Crippen molar-refractivity contribution in [2.75, 3.05) is 26.2 Å². The van der Waals surface area contributed by atoms with E-state index in [2.05, 4.69) is 0 Å². The summed E-state index contributed by atoms with van der Waals surface area (Å²) >= 11 is 0. The predicted molar refractivity (Wildman–Crippen MR) is 95.3 cm³/mol. The molecule has 24 heavy (non-hydrogen) atoms. The molecular formula is C18H28N2O3S. The zero-order valence-corrected chi connectivity index (χ0v) is 15.9. The maximum Gasteiger partial charge on any atom is 0.243 e. The van der Waals surface area contributed by atoms with Crippen LogP contribution in [-0.2, 0) is 14.8 Å². The van der Waals surface area contributed by atoms with E-state index in [9.17, 15) is 13.2 Å². The average Bonchev–Trinajstić information content (AvgIpc) is 2.58. The first-order valence-electron chi connectivity index (χ1n) is 8.67. The van der Waals surface area contributed by atoms with Gasteiger partial charge in [0.05, 0.1) is 10.8 Å². The van der Waals surface area contributed by atoms with Gasteiger partial charge in [0.2, 0.25) is 15.9 Å². The van der Waals surface area contributed by atoms with E-state index in [-0.39, 0.29) is 18.4 Å². The lowest BCUT2D eigenvalue weighted by Crippen LogP contribution is -2.46. The molecule has 1 aliphatic heterocycles. The topological polar surface area (TPSA) is 57.7 Å². The van der Waals surface area contributed by atoms with E-state index in [1.165, 1.54) is 4.31 Å². The monoisotopic (exact) mass is 352 g/mol. The molecule has 0 saturated carbocycles. The lowest BCUT2D eigenvalue weighted by atomic mass is 9.98. The van der Waals surface area contributed by atoms with E-state index in [1.54, 1.807) is 11.0 Å². The summed E-state index contributed by atoms with van der Waals surface area (Å²) in [4.78, 5) is 14.7. The molecule has 0 aromatic heterocycles. The number of aryl methyl sites for hydroxylation is 2. The van der Waals surface area contributed by atoms with Crippen molar-refractivity contribution in [3.8, 4) is 0 Å². The second-order valence-electron chi connectivity index (χ2n) is 6.48. The largest absolute Gasteiger partial charge is 0.343 e. The minimum atomic E-state index is -3.56. The van der Waals surface area contributed by atoms with Gasteiger partial charge >= 0.3 is 0 Å². The highest BCUT2D eigenvalue weighted by molar-refractivity contribution is 7.89. The van der Waals surface area contributed by atoms with E-state index >= 15 is 0 Å². The van der Waals surface area contributed by atoms with Crippen molar-refractivity contribution < 1.29 is 13.2 Å². The van der Waals surface area contributed by atoms with Crippen LogP contribution in [0.1, 0.15) is 37.8 Å². The van der Waals surface area contributed by atoms with Gasteiger partial charge in [0.1, 0.15) is 0 Å². The highest BCUT2D eigenvalue weighted by Crippen LogP contribution is 2.27. The molecule has 1 saturated heterocycles. The Morgan fingerprint density at radius 2 is 1.92 bits per heavy atom. The first kappa shape index (κ1) is 18.9. The zero-order chi connectivity index (χ0) is 17.9. The third-order valence-electron chi connectivity index (χ3n) is 4.77. The Morgan fingerprint density at radius 3 is 2.54 bits per heavy atom. The highest BCUT2D eigenvalue weighted by Gasteiger charge is 2.35. The molecule has 0 spiro atoms. The van der Waals surface area contributed by atoms with Crippen molar-refractivity contribution >= 4 is 15.9 Å². The fourth-order valence-electron chi connectivity index (χ4n) is 3.28. The molecule has 1 aromatic rings. The van der Waals surface area contributed by atoms with Gasteiger partial charge in [-0.2, -0.15) is 4.31 Å². The third-order valence-corrected chi connectivity index (χ3v) is 6.78. The SMILES string of the molecule is CCN(CC)C(=O)[C@@H]1CCCN(S(=O)(=O)c2cc(C)ccc2C)C1. The highest BCUT2D eigenvalue weighted by atomic mass is 32.2. The molecule has 0 unspecified atom stereocenters. The Kier molecular flexibility index (Phi) is 6.04. The van der Waals surface area contributed by atoms with Crippen molar-refractivity contribution in [3.05, 3.63) is 29.3 Å². The molecule has 134 valence electrons. The molecule has 6 heteroatoms. The number of carbonyl (C=O) groups is 1. The zero-order valence-electron chi connectivity index (χ0n) is 15.1. The van der Waals surface area contributed by atoms with Crippen molar-refractivity contribution in [2.45, 2.75) is 45.4 Å². The number of rotatable bonds is 5. The lowest BCUT2D eigenvalue weighted by molar-refractivity contribution is -0.136. The molecule has 0 bridgehead atoms. The Balaban J connectivity index is 2.25. The van der Waals surface area contributed by atoms with Crippen molar-refractivity contribution in [1.29, 1.82) is 0 Å². The molecule has 1 heterocycles. The summed E-state index contributed by atoms with van der Waals surface area (Å²) in [6, 6.07) is 5.47. The van der Waals surface area contributed by atoms with Crippen LogP contribution in [0.5, 0.6) is 0 Å². The van der Waals surface area contributed by atoms with Crippen molar-refractivity contribution in [2.24, 2.45) is 5.92 Å². The maximum absolute atomic E-state index is 13.0. The number of hydrogen-bond acceptors (Lipinski definition) is 3. The second kappa shape index (κ2) is 7.66. The Hall–Kier alpha value is -1.40. The van der Waals surface area contributed by atoms with Crippen LogP contribution >= 0.6 is 0 Å². The molecule has 1 fully saturated rings. The van der Waals surface area contributed by atoms with E-state index in [0.717, 1.165) is 24.0 Å².